The van der Waals surface area contributed by atoms with Crippen molar-refractivity contribution >= 4 is 10.0 Å². The van der Waals surface area contributed by atoms with Gasteiger partial charge in [-0.15, -0.1) is 0 Å². The minimum atomic E-state index is -4.07. The third kappa shape index (κ3) is 3.80. The number of nitrogens with one attached hydrogen (secondary N) is 1. The van der Waals surface area contributed by atoms with Gasteiger partial charge in [-0.25, -0.2) is 17.9 Å². The van der Waals surface area contributed by atoms with E-state index in [0.29, 0.717) is 0 Å². The molecule has 120 valence electrons. The number of aliphatic hydroxyl groups excluding tert-OH is 1. The first-order valence-electron chi connectivity index (χ1n) is 6.51. The lowest BCUT2D eigenvalue weighted by Gasteiger charge is -2.21. The molecule has 1 heterocycles. The molecule has 21 heavy (non-hydrogen) atoms. The van der Waals surface area contributed by atoms with Gasteiger partial charge in [-0.05, 0) is 12.3 Å². The van der Waals surface area contributed by atoms with Gasteiger partial charge in [0.1, 0.15) is 0 Å². The monoisotopic (exact) mass is 319 g/mol. The van der Waals surface area contributed by atoms with Gasteiger partial charge < -0.3 is 9.67 Å². The van der Waals surface area contributed by atoms with Crippen molar-refractivity contribution in [1.82, 2.24) is 13.9 Å². The highest BCUT2D eigenvalue weighted by atomic mass is 32.2. The molecular weight excluding hydrogens is 298 g/mol. The molecule has 1 aromatic heterocycles. The van der Waals surface area contributed by atoms with Crippen LogP contribution in [-0.2, 0) is 24.1 Å². The Kier molecular flexibility index (Phi) is 5.48. The Bertz CT molecular complexity index is 717. The molecule has 0 fully saturated rings. The Morgan fingerprint density at radius 3 is 2.33 bits per heavy atom. The van der Waals surface area contributed by atoms with E-state index in [9.17, 15) is 18.0 Å². The van der Waals surface area contributed by atoms with Gasteiger partial charge in [0.25, 0.3) is 5.56 Å². The quantitative estimate of drug-likeness (QED) is 0.682. The lowest BCUT2D eigenvalue weighted by Crippen LogP contribution is -2.45. The molecular formula is C12H21N3O5S. The summed E-state index contributed by atoms with van der Waals surface area (Å²) in [5.74, 6) is -0.0525. The van der Waals surface area contributed by atoms with Crippen molar-refractivity contribution in [2.24, 2.45) is 20.0 Å². The molecule has 0 amide bonds. The van der Waals surface area contributed by atoms with Crippen molar-refractivity contribution in [2.45, 2.75) is 31.2 Å². The summed E-state index contributed by atoms with van der Waals surface area (Å²) in [4.78, 5) is 23.1. The number of rotatable bonds is 6. The first-order valence-corrected chi connectivity index (χ1v) is 8.00. The summed E-state index contributed by atoms with van der Waals surface area (Å²) < 4.78 is 28.9. The van der Waals surface area contributed by atoms with Crippen LogP contribution < -0.4 is 16.0 Å². The Hall–Kier alpha value is -1.45. The second kappa shape index (κ2) is 6.54. The summed E-state index contributed by atoms with van der Waals surface area (Å²) in [5.41, 5.74) is -1.48. The molecule has 8 nitrogen and oxygen atoms in total. The molecule has 0 saturated heterocycles. The molecule has 0 bridgehead atoms. The predicted molar refractivity (Wildman–Crippen MR) is 77.6 cm³/mol. The van der Waals surface area contributed by atoms with Crippen LogP contribution in [0.1, 0.15) is 20.3 Å². The van der Waals surface area contributed by atoms with Crippen molar-refractivity contribution in [3.05, 3.63) is 27.0 Å². The van der Waals surface area contributed by atoms with E-state index in [1.165, 1.54) is 14.1 Å². The van der Waals surface area contributed by atoms with Gasteiger partial charge in [-0.3, -0.25) is 9.36 Å². The number of nitrogens with zero attached hydrogens (tertiary/aromatic N) is 2. The fourth-order valence-corrected chi connectivity index (χ4v) is 3.47. The van der Waals surface area contributed by atoms with E-state index in [2.05, 4.69) is 4.72 Å². The van der Waals surface area contributed by atoms with Crippen LogP contribution in [0.5, 0.6) is 0 Å². The zero-order valence-electron chi connectivity index (χ0n) is 12.5. The van der Waals surface area contributed by atoms with E-state index >= 15 is 0 Å². The van der Waals surface area contributed by atoms with Crippen molar-refractivity contribution < 1.29 is 13.5 Å². The summed E-state index contributed by atoms with van der Waals surface area (Å²) in [6.45, 7) is 3.44. The SMILES string of the molecule is CC(C)C(CCO)NS(=O)(=O)c1cn(C)c(=O)n(C)c1=O. The topological polar surface area (TPSA) is 110 Å². The average Bonchev–Trinajstić information content (AvgIpc) is 2.39. The largest absolute Gasteiger partial charge is 0.396 e. The average molecular weight is 319 g/mol. The van der Waals surface area contributed by atoms with Crippen molar-refractivity contribution in [3.8, 4) is 0 Å². The molecule has 9 heteroatoms. The Labute approximate surface area is 123 Å². The first kappa shape index (κ1) is 17.6. The maximum absolute atomic E-state index is 12.3. The standard InChI is InChI=1S/C12H21N3O5S/c1-8(2)9(5-6-16)13-21(19,20)10-7-14(3)12(18)15(4)11(10)17/h7-9,13,16H,5-6H2,1-4H3. The first-order chi connectivity index (χ1) is 9.61. The van der Waals surface area contributed by atoms with Crippen LogP contribution in [0.15, 0.2) is 20.7 Å². The van der Waals surface area contributed by atoms with Gasteiger partial charge in [-0.1, -0.05) is 13.8 Å². The van der Waals surface area contributed by atoms with E-state index in [0.717, 1.165) is 15.3 Å². The summed E-state index contributed by atoms with van der Waals surface area (Å²) in [5, 5.41) is 8.99. The molecule has 1 aromatic rings. The molecule has 0 aliphatic heterocycles. The molecule has 0 radical (unpaired) electrons. The highest BCUT2D eigenvalue weighted by Crippen LogP contribution is 2.10. The molecule has 0 aromatic carbocycles. The summed E-state index contributed by atoms with van der Waals surface area (Å²) in [6, 6.07) is -0.498. The van der Waals surface area contributed by atoms with Gasteiger partial charge in [0.05, 0.1) is 0 Å². The van der Waals surface area contributed by atoms with E-state index in [1.807, 2.05) is 13.8 Å². The fourth-order valence-electron chi connectivity index (χ4n) is 1.89. The third-order valence-electron chi connectivity index (χ3n) is 3.26. The predicted octanol–water partition coefficient (Wildman–Crippen LogP) is -1.23. The molecule has 2 N–H and O–H groups in total. The lowest BCUT2D eigenvalue weighted by atomic mass is 10.0. The van der Waals surface area contributed by atoms with Gasteiger partial charge >= 0.3 is 5.69 Å². The van der Waals surface area contributed by atoms with Crippen molar-refractivity contribution in [1.29, 1.82) is 0 Å². The van der Waals surface area contributed by atoms with Crippen LogP contribution in [0.3, 0.4) is 0 Å². The van der Waals surface area contributed by atoms with Gasteiger partial charge in [-0.2, -0.15) is 0 Å². The lowest BCUT2D eigenvalue weighted by molar-refractivity contribution is 0.256. The van der Waals surface area contributed by atoms with E-state index in [4.69, 9.17) is 5.11 Å². The van der Waals surface area contributed by atoms with Gasteiger partial charge in [0.15, 0.2) is 4.90 Å². The number of aromatic nitrogens is 2. The number of hydrogen-bond acceptors (Lipinski definition) is 5. The number of sulfonamides is 1. The van der Waals surface area contributed by atoms with Crippen LogP contribution in [0.2, 0.25) is 0 Å². The summed E-state index contributed by atoms with van der Waals surface area (Å²) in [6.07, 6.45) is 1.24. The smallest absolute Gasteiger partial charge is 0.330 e. The zero-order chi connectivity index (χ0) is 16.4. The maximum atomic E-state index is 12.3. The van der Waals surface area contributed by atoms with Crippen LogP contribution in [0, 0.1) is 5.92 Å². The van der Waals surface area contributed by atoms with Crippen LogP contribution in [0.25, 0.3) is 0 Å². The molecule has 0 aliphatic carbocycles. The minimum absolute atomic E-state index is 0.0525. The highest BCUT2D eigenvalue weighted by Gasteiger charge is 2.26. The third-order valence-corrected chi connectivity index (χ3v) is 4.73. The van der Waals surface area contributed by atoms with Gasteiger partial charge in [0, 0.05) is 32.9 Å². The number of aliphatic hydroxyl groups is 1. The van der Waals surface area contributed by atoms with Crippen molar-refractivity contribution in [2.75, 3.05) is 6.61 Å². The highest BCUT2D eigenvalue weighted by molar-refractivity contribution is 7.89. The fraction of sp³-hybridized carbons (Fsp3) is 0.667. The molecule has 0 spiro atoms. The molecule has 1 atom stereocenters. The van der Waals surface area contributed by atoms with Crippen LogP contribution >= 0.6 is 0 Å². The maximum Gasteiger partial charge on any atom is 0.330 e. The number of hydrogen-bond donors (Lipinski definition) is 2. The summed E-state index contributed by atoms with van der Waals surface area (Å²) >= 11 is 0. The van der Waals surface area contributed by atoms with Gasteiger partial charge in [0.2, 0.25) is 10.0 Å². The summed E-state index contributed by atoms with van der Waals surface area (Å²) in [7, 11) is -1.48. The van der Waals surface area contributed by atoms with Crippen LogP contribution in [-0.4, -0.2) is 35.3 Å². The van der Waals surface area contributed by atoms with E-state index in [1.54, 1.807) is 0 Å². The van der Waals surface area contributed by atoms with E-state index in [-0.39, 0.29) is 18.9 Å². The second-order valence-corrected chi connectivity index (χ2v) is 6.92. The zero-order valence-corrected chi connectivity index (χ0v) is 13.3. The number of aryl methyl sites for hydroxylation is 1. The molecule has 0 saturated carbocycles. The van der Waals surface area contributed by atoms with Crippen LogP contribution in [0.4, 0.5) is 0 Å². The Morgan fingerprint density at radius 1 is 1.29 bits per heavy atom. The second-order valence-electron chi connectivity index (χ2n) is 5.24. The molecule has 1 unspecified atom stereocenters. The normalized spacial score (nSPS) is 13.6. The Morgan fingerprint density at radius 2 is 1.86 bits per heavy atom. The minimum Gasteiger partial charge on any atom is -0.396 e. The van der Waals surface area contributed by atoms with Crippen molar-refractivity contribution in [3.63, 3.8) is 0 Å². The molecule has 0 aliphatic rings. The Balaban J connectivity index is 3.32. The molecule has 1 rings (SSSR count). The van der Waals surface area contributed by atoms with E-state index < -0.39 is 32.2 Å².